The van der Waals surface area contributed by atoms with E-state index in [2.05, 4.69) is 4.98 Å². The van der Waals surface area contributed by atoms with Gasteiger partial charge < -0.3 is 10.1 Å². The number of rotatable bonds is 1. The van der Waals surface area contributed by atoms with Crippen LogP contribution in [0.3, 0.4) is 0 Å². The first-order valence-corrected chi connectivity index (χ1v) is 5.54. The first-order chi connectivity index (χ1) is 8.24. The Morgan fingerprint density at radius 3 is 2.82 bits per heavy atom. The second kappa shape index (κ2) is 3.63. The van der Waals surface area contributed by atoms with Gasteiger partial charge in [0.15, 0.2) is 0 Å². The fourth-order valence-electron chi connectivity index (χ4n) is 1.87. The molecule has 2 N–H and O–H groups in total. The van der Waals surface area contributed by atoms with Gasteiger partial charge in [0.25, 0.3) is 0 Å². The highest BCUT2D eigenvalue weighted by atomic mass is 15.0. The molecule has 3 heteroatoms. The number of pyridine rings is 1. The smallest absolute Gasteiger partial charge is 0.137 e. The Morgan fingerprint density at radius 2 is 2.06 bits per heavy atom. The van der Waals surface area contributed by atoms with Crippen molar-refractivity contribution in [3.8, 4) is 11.3 Å². The summed E-state index contributed by atoms with van der Waals surface area (Å²) in [5.41, 5.74) is 10.8. The van der Waals surface area contributed by atoms with Crippen molar-refractivity contribution < 1.29 is 0 Å². The molecule has 0 unspecified atom stereocenters. The number of nitrogens with two attached hydrogens (primary N) is 1. The van der Waals surface area contributed by atoms with Gasteiger partial charge in [-0.05, 0) is 30.7 Å². The van der Waals surface area contributed by atoms with Crippen LogP contribution in [0.5, 0.6) is 0 Å². The maximum Gasteiger partial charge on any atom is 0.137 e. The van der Waals surface area contributed by atoms with Crippen LogP contribution in [0.1, 0.15) is 5.56 Å². The molecule has 0 fully saturated rings. The van der Waals surface area contributed by atoms with Gasteiger partial charge in [0, 0.05) is 23.6 Å². The standard InChI is InChI=1S/C14H13N3/c1-10-5-6-11(8-12(10)15)13-9-17-7-3-2-4-14(17)16-13/h2-9H,15H2,1H3. The third kappa shape index (κ3) is 1.65. The number of nitrogens with zero attached hydrogens (tertiary/aromatic N) is 2. The zero-order valence-corrected chi connectivity index (χ0v) is 9.59. The number of imidazole rings is 1. The van der Waals surface area contributed by atoms with Crippen molar-refractivity contribution in [3.63, 3.8) is 0 Å². The number of fused-ring (bicyclic) bond motifs is 1. The minimum absolute atomic E-state index is 0.805. The molecule has 0 aliphatic rings. The average molecular weight is 223 g/mol. The largest absolute Gasteiger partial charge is 0.398 e. The molecule has 0 saturated carbocycles. The number of nitrogen functional groups attached to an aromatic ring is 1. The van der Waals surface area contributed by atoms with Gasteiger partial charge in [-0.15, -0.1) is 0 Å². The quantitative estimate of drug-likeness (QED) is 0.644. The number of aromatic nitrogens is 2. The van der Waals surface area contributed by atoms with Crippen LogP contribution in [0.15, 0.2) is 48.8 Å². The molecule has 0 atom stereocenters. The third-order valence-electron chi connectivity index (χ3n) is 2.94. The number of aryl methyl sites for hydroxylation is 1. The van der Waals surface area contributed by atoms with Crippen molar-refractivity contribution in [1.82, 2.24) is 9.38 Å². The molecule has 3 nitrogen and oxygen atoms in total. The van der Waals surface area contributed by atoms with Gasteiger partial charge in [-0.2, -0.15) is 0 Å². The topological polar surface area (TPSA) is 43.3 Å². The van der Waals surface area contributed by atoms with Crippen molar-refractivity contribution in [2.45, 2.75) is 6.92 Å². The first-order valence-electron chi connectivity index (χ1n) is 5.54. The van der Waals surface area contributed by atoms with E-state index >= 15 is 0 Å². The Morgan fingerprint density at radius 1 is 1.18 bits per heavy atom. The summed E-state index contributed by atoms with van der Waals surface area (Å²) in [4.78, 5) is 4.56. The van der Waals surface area contributed by atoms with E-state index in [9.17, 15) is 0 Å². The van der Waals surface area contributed by atoms with Crippen LogP contribution in [0, 0.1) is 6.92 Å². The van der Waals surface area contributed by atoms with Crippen LogP contribution in [0.25, 0.3) is 16.9 Å². The lowest BCUT2D eigenvalue weighted by atomic mass is 10.1. The van der Waals surface area contributed by atoms with Crippen LogP contribution in [0.2, 0.25) is 0 Å². The highest BCUT2D eigenvalue weighted by Crippen LogP contribution is 2.23. The van der Waals surface area contributed by atoms with E-state index in [-0.39, 0.29) is 0 Å². The molecular formula is C14H13N3. The molecule has 0 radical (unpaired) electrons. The highest BCUT2D eigenvalue weighted by Gasteiger charge is 2.04. The highest BCUT2D eigenvalue weighted by molar-refractivity contribution is 5.67. The summed E-state index contributed by atoms with van der Waals surface area (Å²) in [6.45, 7) is 2.00. The number of benzene rings is 1. The molecule has 0 aliphatic heterocycles. The summed E-state index contributed by atoms with van der Waals surface area (Å²) < 4.78 is 2.01. The van der Waals surface area contributed by atoms with Gasteiger partial charge in [-0.3, -0.25) is 0 Å². The maximum absolute atomic E-state index is 5.92. The zero-order valence-electron chi connectivity index (χ0n) is 9.59. The van der Waals surface area contributed by atoms with Crippen LogP contribution in [0.4, 0.5) is 5.69 Å². The summed E-state index contributed by atoms with van der Waals surface area (Å²) >= 11 is 0. The Kier molecular flexibility index (Phi) is 2.11. The maximum atomic E-state index is 5.92. The van der Waals surface area contributed by atoms with Crippen molar-refractivity contribution in [2.75, 3.05) is 5.73 Å². The molecule has 0 bridgehead atoms. The van der Waals surface area contributed by atoms with Gasteiger partial charge in [0.1, 0.15) is 5.65 Å². The van der Waals surface area contributed by atoms with Crippen molar-refractivity contribution >= 4 is 11.3 Å². The molecule has 2 aromatic heterocycles. The van der Waals surface area contributed by atoms with E-state index in [1.54, 1.807) is 0 Å². The predicted molar refractivity (Wildman–Crippen MR) is 69.8 cm³/mol. The van der Waals surface area contributed by atoms with Crippen LogP contribution in [-0.4, -0.2) is 9.38 Å². The summed E-state index contributed by atoms with van der Waals surface area (Å²) in [7, 11) is 0. The molecule has 0 saturated heterocycles. The summed E-state index contributed by atoms with van der Waals surface area (Å²) in [6, 6.07) is 12.0. The number of anilines is 1. The molecule has 3 aromatic rings. The SMILES string of the molecule is Cc1ccc(-c2cn3ccccc3n2)cc1N. The lowest BCUT2D eigenvalue weighted by Gasteiger charge is -2.01. The van der Waals surface area contributed by atoms with E-state index in [1.165, 1.54) is 0 Å². The van der Waals surface area contributed by atoms with Crippen molar-refractivity contribution in [3.05, 3.63) is 54.4 Å². The molecule has 2 heterocycles. The third-order valence-corrected chi connectivity index (χ3v) is 2.94. The van der Waals surface area contributed by atoms with Gasteiger partial charge in [0.05, 0.1) is 5.69 Å². The normalized spacial score (nSPS) is 10.9. The summed E-state index contributed by atoms with van der Waals surface area (Å²) in [6.07, 6.45) is 4.00. The first kappa shape index (κ1) is 9.90. The van der Waals surface area contributed by atoms with Gasteiger partial charge in [-0.1, -0.05) is 18.2 Å². The minimum atomic E-state index is 0.805. The summed E-state index contributed by atoms with van der Waals surface area (Å²) in [5.74, 6) is 0. The second-order valence-corrected chi connectivity index (χ2v) is 4.16. The molecular weight excluding hydrogens is 210 g/mol. The molecule has 3 rings (SSSR count). The van der Waals surface area contributed by atoms with E-state index in [0.717, 1.165) is 28.2 Å². The second-order valence-electron chi connectivity index (χ2n) is 4.16. The number of hydrogen-bond acceptors (Lipinski definition) is 2. The number of hydrogen-bond donors (Lipinski definition) is 1. The Labute approximate surface area is 99.5 Å². The monoisotopic (exact) mass is 223 g/mol. The van der Waals surface area contributed by atoms with Gasteiger partial charge >= 0.3 is 0 Å². The molecule has 0 amide bonds. The average Bonchev–Trinajstić information content (AvgIpc) is 2.76. The fraction of sp³-hybridized carbons (Fsp3) is 0.0714. The van der Waals surface area contributed by atoms with Crippen LogP contribution in [-0.2, 0) is 0 Å². The van der Waals surface area contributed by atoms with Crippen LogP contribution < -0.4 is 5.73 Å². The zero-order chi connectivity index (χ0) is 11.8. The van der Waals surface area contributed by atoms with E-state index in [0.29, 0.717) is 0 Å². The minimum Gasteiger partial charge on any atom is -0.398 e. The van der Waals surface area contributed by atoms with E-state index in [1.807, 2.05) is 60.1 Å². The Bertz CT molecular complexity index is 650. The molecule has 0 aliphatic carbocycles. The lowest BCUT2D eigenvalue weighted by Crippen LogP contribution is -1.89. The van der Waals surface area contributed by atoms with Crippen molar-refractivity contribution in [2.24, 2.45) is 0 Å². The van der Waals surface area contributed by atoms with E-state index < -0.39 is 0 Å². The van der Waals surface area contributed by atoms with Crippen LogP contribution >= 0.6 is 0 Å². The summed E-state index contributed by atoms with van der Waals surface area (Å²) in [5, 5.41) is 0. The van der Waals surface area contributed by atoms with Gasteiger partial charge in [-0.25, -0.2) is 4.98 Å². The van der Waals surface area contributed by atoms with E-state index in [4.69, 9.17) is 5.73 Å². The molecule has 0 spiro atoms. The lowest BCUT2D eigenvalue weighted by molar-refractivity contribution is 1.19. The van der Waals surface area contributed by atoms with Crippen molar-refractivity contribution in [1.29, 1.82) is 0 Å². The predicted octanol–water partition coefficient (Wildman–Crippen LogP) is 2.89. The fourth-order valence-corrected chi connectivity index (χ4v) is 1.87. The van der Waals surface area contributed by atoms with Gasteiger partial charge in [0.2, 0.25) is 0 Å². The molecule has 84 valence electrons. The molecule has 1 aromatic carbocycles. The Balaban J connectivity index is 2.17. The molecule has 17 heavy (non-hydrogen) atoms. The Hall–Kier alpha value is -2.29.